The molecule has 7 nitrogen and oxygen atoms in total. The van der Waals surface area contributed by atoms with Crippen molar-refractivity contribution in [1.82, 2.24) is 9.78 Å². The van der Waals surface area contributed by atoms with E-state index in [1.165, 1.54) is 17.1 Å². The molecule has 0 spiro atoms. The summed E-state index contributed by atoms with van der Waals surface area (Å²) in [5.74, 6) is -0.690. The maximum atomic E-state index is 11.5. The van der Waals surface area contributed by atoms with Crippen LogP contribution in [0.15, 0.2) is 12.4 Å². The van der Waals surface area contributed by atoms with E-state index in [0.29, 0.717) is 5.69 Å². The average Bonchev–Trinajstić information content (AvgIpc) is 2.46. The molecule has 1 heterocycles. The summed E-state index contributed by atoms with van der Waals surface area (Å²) in [7, 11) is 0. The smallest absolute Gasteiger partial charge is 0.239 e. The SMILES string of the molecule is CC(C)(N)CC(=O)Nc1cnn(CC(N)=O)c1. The second kappa shape index (κ2) is 4.96. The zero-order valence-electron chi connectivity index (χ0n) is 9.93. The van der Waals surface area contributed by atoms with Crippen LogP contribution in [-0.2, 0) is 16.1 Å². The van der Waals surface area contributed by atoms with E-state index < -0.39 is 11.4 Å². The number of rotatable bonds is 5. The van der Waals surface area contributed by atoms with Gasteiger partial charge in [-0.15, -0.1) is 0 Å². The van der Waals surface area contributed by atoms with E-state index in [0.717, 1.165) is 0 Å². The molecule has 17 heavy (non-hydrogen) atoms. The van der Waals surface area contributed by atoms with Crippen LogP contribution in [0.25, 0.3) is 0 Å². The molecule has 0 aliphatic rings. The van der Waals surface area contributed by atoms with Gasteiger partial charge in [-0.2, -0.15) is 5.10 Å². The quantitative estimate of drug-likeness (QED) is 0.638. The van der Waals surface area contributed by atoms with Crippen molar-refractivity contribution in [2.45, 2.75) is 32.4 Å². The first kappa shape index (κ1) is 13.2. The zero-order valence-corrected chi connectivity index (χ0v) is 9.93. The monoisotopic (exact) mass is 239 g/mol. The molecule has 0 unspecified atom stereocenters. The molecule has 0 aliphatic heterocycles. The summed E-state index contributed by atoms with van der Waals surface area (Å²) in [6, 6.07) is 0. The van der Waals surface area contributed by atoms with Gasteiger partial charge in [-0.1, -0.05) is 0 Å². The predicted molar refractivity (Wildman–Crippen MR) is 62.9 cm³/mol. The van der Waals surface area contributed by atoms with Crippen molar-refractivity contribution >= 4 is 17.5 Å². The lowest BCUT2D eigenvalue weighted by Gasteiger charge is -2.16. The molecule has 0 fully saturated rings. The molecule has 1 rings (SSSR count). The number of nitrogens with zero attached hydrogens (tertiary/aromatic N) is 2. The molecule has 0 radical (unpaired) electrons. The van der Waals surface area contributed by atoms with E-state index >= 15 is 0 Å². The van der Waals surface area contributed by atoms with Gasteiger partial charge in [-0.3, -0.25) is 14.3 Å². The topological polar surface area (TPSA) is 116 Å². The lowest BCUT2D eigenvalue weighted by Crippen LogP contribution is -2.36. The van der Waals surface area contributed by atoms with Gasteiger partial charge in [-0.25, -0.2) is 0 Å². The van der Waals surface area contributed by atoms with Crippen LogP contribution in [0.1, 0.15) is 20.3 Å². The zero-order chi connectivity index (χ0) is 13.1. The molecular formula is C10H17N5O2. The number of carbonyl (C=O) groups is 2. The summed E-state index contributed by atoms with van der Waals surface area (Å²) < 4.78 is 1.35. The molecule has 1 aromatic rings. The van der Waals surface area contributed by atoms with Crippen LogP contribution >= 0.6 is 0 Å². The summed E-state index contributed by atoms with van der Waals surface area (Å²) in [5.41, 5.74) is 10.7. The van der Waals surface area contributed by atoms with E-state index in [4.69, 9.17) is 11.5 Å². The maximum Gasteiger partial charge on any atom is 0.239 e. The van der Waals surface area contributed by atoms with Crippen molar-refractivity contribution in [2.75, 3.05) is 5.32 Å². The number of anilines is 1. The summed E-state index contributed by atoms with van der Waals surface area (Å²) in [4.78, 5) is 22.2. The van der Waals surface area contributed by atoms with Crippen molar-refractivity contribution in [2.24, 2.45) is 11.5 Å². The minimum Gasteiger partial charge on any atom is -0.368 e. The third kappa shape index (κ3) is 5.12. The highest BCUT2D eigenvalue weighted by atomic mass is 16.2. The Morgan fingerprint density at radius 2 is 2.18 bits per heavy atom. The Bertz CT molecular complexity index is 419. The van der Waals surface area contributed by atoms with E-state index in [1.807, 2.05) is 0 Å². The second-order valence-corrected chi connectivity index (χ2v) is 4.61. The number of nitrogens with one attached hydrogen (secondary N) is 1. The lowest BCUT2D eigenvalue weighted by molar-refractivity contribution is -0.119. The Labute approximate surface area is 99.1 Å². The van der Waals surface area contributed by atoms with Gasteiger partial charge in [0.2, 0.25) is 11.8 Å². The van der Waals surface area contributed by atoms with Crippen molar-refractivity contribution in [3.63, 3.8) is 0 Å². The van der Waals surface area contributed by atoms with Crippen LogP contribution < -0.4 is 16.8 Å². The summed E-state index contributed by atoms with van der Waals surface area (Å²) >= 11 is 0. The molecule has 0 aromatic carbocycles. The second-order valence-electron chi connectivity index (χ2n) is 4.61. The minimum absolute atomic E-state index is 0.0156. The highest BCUT2D eigenvalue weighted by Crippen LogP contribution is 2.09. The van der Waals surface area contributed by atoms with E-state index in [9.17, 15) is 9.59 Å². The number of aromatic nitrogens is 2. The van der Waals surface area contributed by atoms with Crippen molar-refractivity contribution < 1.29 is 9.59 Å². The summed E-state index contributed by atoms with van der Waals surface area (Å²) in [6.07, 6.45) is 3.19. The minimum atomic E-state index is -0.562. The molecule has 1 aromatic heterocycles. The number of amides is 2. The summed E-state index contributed by atoms with van der Waals surface area (Å²) in [5, 5.41) is 6.51. The molecule has 7 heteroatoms. The van der Waals surface area contributed by atoms with Crippen molar-refractivity contribution in [3.05, 3.63) is 12.4 Å². The Balaban J connectivity index is 2.55. The van der Waals surface area contributed by atoms with E-state index in [1.54, 1.807) is 13.8 Å². The van der Waals surface area contributed by atoms with E-state index in [-0.39, 0.29) is 18.9 Å². The number of hydrogen-bond acceptors (Lipinski definition) is 4. The van der Waals surface area contributed by atoms with Crippen LogP contribution in [0.5, 0.6) is 0 Å². The number of carbonyl (C=O) groups excluding carboxylic acids is 2. The van der Waals surface area contributed by atoms with Gasteiger partial charge in [0.25, 0.3) is 0 Å². The molecule has 0 aliphatic carbocycles. The number of hydrogen-bond donors (Lipinski definition) is 3. The highest BCUT2D eigenvalue weighted by molar-refractivity contribution is 5.91. The number of nitrogens with two attached hydrogens (primary N) is 2. The third-order valence-electron chi connectivity index (χ3n) is 1.85. The van der Waals surface area contributed by atoms with Crippen LogP contribution in [0, 0.1) is 0 Å². The Kier molecular flexibility index (Phi) is 3.84. The molecular weight excluding hydrogens is 222 g/mol. The molecule has 0 bridgehead atoms. The first-order valence-electron chi connectivity index (χ1n) is 5.16. The number of primary amides is 1. The predicted octanol–water partition coefficient (Wildman–Crippen LogP) is -0.566. The van der Waals surface area contributed by atoms with Crippen LogP contribution in [0.4, 0.5) is 5.69 Å². The Morgan fingerprint density at radius 1 is 1.53 bits per heavy atom. The van der Waals surface area contributed by atoms with Gasteiger partial charge >= 0.3 is 0 Å². The average molecular weight is 239 g/mol. The van der Waals surface area contributed by atoms with Crippen molar-refractivity contribution in [1.29, 1.82) is 0 Å². The normalized spacial score (nSPS) is 11.2. The van der Waals surface area contributed by atoms with Crippen LogP contribution in [0.3, 0.4) is 0 Å². The maximum absolute atomic E-state index is 11.5. The van der Waals surface area contributed by atoms with Gasteiger partial charge < -0.3 is 16.8 Å². The van der Waals surface area contributed by atoms with Gasteiger partial charge in [0.1, 0.15) is 6.54 Å². The van der Waals surface area contributed by atoms with Crippen LogP contribution in [0.2, 0.25) is 0 Å². The van der Waals surface area contributed by atoms with Gasteiger partial charge in [0.15, 0.2) is 0 Å². The molecule has 0 saturated carbocycles. The van der Waals surface area contributed by atoms with Gasteiger partial charge in [0, 0.05) is 18.2 Å². The molecule has 2 amide bonds. The van der Waals surface area contributed by atoms with E-state index in [2.05, 4.69) is 10.4 Å². The molecule has 94 valence electrons. The fourth-order valence-corrected chi connectivity index (χ4v) is 1.29. The molecule has 0 atom stereocenters. The fraction of sp³-hybridized carbons (Fsp3) is 0.500. The highest BCUT2D eigenvalue weighted by Gasteiger charge is 2.16. The molecule has 0 saturated heterocycles. The first-order valence-corrected chi connectivity index (χ1v) is 5.16. The van der Waals surface area contributed by atoms with Crippen molar-refractivity contribution in [3.8, 4) is 0 Å². The molecule has 5 N–H and O–H groups in total. The largest absolute Gasteiger partial charge is 0.368 e. The fourth-order valence-electron chi connectivity index (χ4n) is 1.29. The Morgan fingerprint density at radius 3 is 2.71 bits per heavy atom. The summed E-state index contributed by atoms with van der Waals surface area (Å²) in [6.45, 7) is 3.52. The first-order chi connectivity index (χ1) is 7.76. The Hall–Kier alpha value is -1.89. The lowest BCUT2D eigenvalue weighted by atomic mass is 10.0. The van der Waals surface area contributed by atoms with Crippen LogP contribution in [-0.4, -0.2) is 27.1 Å². The standard InChI is InChI=1S/C10H17N5O2/c1-10(2,12)3-9(17)14-7-4-13-15(5-7)6-8(11)16/h4-5H,3,6,12H2,1-2H3,(H2,11,16)(H,14,17). The van der Waals surface area contributed by atoms with Gasteiger partial charge in [-0.05, 0) is 13.8 Å². The van der Waals surface area contributed by atoms with Gasteiger partial charge in [0.05, 0.1) is 11.9 Å². The third-order valence-corrected chi connectivity index (χ3v) is 1.85.